The van der Waals surface area contributed by atoms with E-state index in [0.717, 1.165) is 18.8 Å². The number of amides is 1. The maximum Gasteiger partial charge on any atom is 0.354 e. The molecule has 0 saturated carbocycles. The fourth-order valence-electron chi connectivity index (χ4n) is 3.39. The van der Waals surface area contributed by atoms with Gasteiger partial charge in [-0.1, -0.05) is 11.8 Å². The number of aliphatic carboxylic acids is 1. The minimum atomic E-state index is -1.09. The molecule has 4 heterocycles. The summed E-state index contributed by atoms with van der Waals surface area (Å²) in [4.78, 5) is 25.2. The molecule has 1 aromatic rings. The van der Waals surface area contributed by atoms with Gasteiger partial charge in [-0.05, 0) is 6.92 Å². The minimum Gasteiger partial charge on any atom is -0.477 e. The highest BCUT2D eigenvalue weighted by atomic mass is 32.2. The summed E-state index contributed by atoms with van der Waals surface area (Å²) in [5.41, 5.74) is 0.0620. The van der Waals surface area contributed by atoms with E-state index < -0.39 is 18.0 Å². The van der Waals surface area contributed by atoms with Crippen molar-refractivity contribution >= 4 is 35.4 Å². The molecule has 2 unspecified atom stereocenters. The number of carbonyl (C=O) groups is 2. The summed E-state index contributed by atoms with van der Waals surface area (Å²) >= 11 is 2.88. The Morgan fingerprint density at radius 2 is 2.33 bits per heavy atom. The van der Waals surface area contributed by atoms with E-state index in [4.69, 9.17) is 0 Å². The molecule has 1 aromatic heterocycles. The van der Waals surface area contributed by atoms with Crippen LogP contribution in [-0.2, 0) is 29.6 Å². The van der Waals surface area contributed by atoms with Gasteiger partial charge in [0, 0.05) is 5.10 Å². The summed E-state index contributed by atoms with van der Waals surface area (Å²) in [5, 5.41) is 23.6. The summed E-state index contributed by atoms with van der Waals surface area (Å²) in [6, 6.07) is 0. The van der Waals surface area contributed by atoms with Crippen molar-refractivity contribution in [1.82, 2.24) is 14.7 Å². The molecule has 0 aliphatic carbocycles. The van der Waals surface area contributed by atoms with Crippen molar-refractivity contribution in [1.29, 1.82) is 0 Å². The van der Waals surface area contributed by atoms with Gasteiger partial charge in [-0.3, -0.25) is 9.69 Å². The normalized spacial score (nSPS) is 29.5. The van der Waals surface area contributed by atoms with E-state index in [2.05, 4.69) is 9.67 Å². The topological polar surface area (TPSA) is 99.5 Å². The first-order valence-electron chi connectivity index (χ1n) is 7.60. The van der Waals surface area contributed by atoms with E-state index in [1.165, 1.54) is 28.4 Å². The van der Waals surface area contributed by atoms with Gasteiger partial charge in [-0.15, -0.1) is 16.4 Å². The Morgan fingerprint density at radius 1 is 1.58 bits per heavy atom. The Bertz CT molecular complexity index is 751. The first kappa shape index (κ1) is 16.0. The number of fused-ring (bicyclic) bond motifs is 2. The largest absolute Gasteiger partial charge is 0.477 e. The van der Waals surface area contributed by atoms with Gasteiger partial charge in [0.25, 0.3) is 5.82 Å². The molecule has 3 aliphatic heterocycles. The quantitative estimate of drug-likeness (QED) is 0.547. The number of aliphatic hydroxyl groups is 1. The zero-order valence-corrected chi connectivity index (χ0v) is 14.8. The predicted octanol–water partition coefficient (Wildman–Crippen LogP) is -0.469. The fraction of sp³-hybridized carbons (Fsp3) is 0.571. The van der Waals surface area contributed by atoms with Crippen LogP contribution in [0.3, 0.4) is 0 Å². The Kier molecular flexibility index (Phi) is 3.66. The Hall–Kier alpha value is -1.52. The van der Waals surface area contributed by atoms with Crippen molar-refractivity contribution in [2.24, 2.45) is 13.0 Å². The molecule has 0 radical (unpaired) electrons. The van der Waals surface area contributed by atoms with E-state index in [-0.39, 0.29) is 22.2 Å². The molecule has 1 fully saturated rings. The number of aromatic nitrogens is 3. The Labute approximate surface area is 146 Å². The van der Waals surface area contributed by atoms with Crippen molar-refractivity contribution in [2.75, 3.05) is 0 Å². The summed E-state index contributed by atoms with van der Waals surface area (Å²) in [6.45, 7) is 2.34. The molecule has 24 heavy (non-hydrogen) atoms. The van der Waals surface area contributed by atoms with Gasteiger partial charge in [0.15, 0.2) is 5.70 Å². The molecule has 4 rings (SSSR count). The fourth-order valence-corrected chi connectivity index (χ4v) is 6.71. The van der Waals surface area contributed by atoms with Crippen LogP contribution in [0.5, 0.6) is 0 Å². The Balaban J connectivity index is 1.54. The van der Waals surface area contributed by atoms with Crippen LogP contribution >= 0.6 is 23.5 Å². The molecule has 1 amide bonds. The molecule has 3 aliphatic rings. The smallest absolute Gasteiger partial charge is 0.354 e. The van der Waals surface area contributed by atoms with Gasteiger partial charge in [-0.2, -0.15) is 0 Å². The molecule has 0 spiro atoms. The van der Waals surface area contributed by atoms with Crippen molar-refractivity contribution < 1.29 is 24.4 Å². The molecule has 128 valence electrons. The monoisotopic (exact) mass is 369 g/mol. The second-order valence-electron chi connectivity index (χ2n) is 6.23. The van der Waals surface area contributed by atoms with Gasteiger partial charge in [0.1, 0.15) is 5.37 Å². The number of carboxylic acid groups (broad SMARTS) is 1. The number of carboxylic acids is 1. The first-order chi connectivity index (χ1) is 11.4. The third-order valence-electron chi connectivity index (χ3n) is 4.46. The summed E-state index contributed by atoms with van der Waals surface area (Å²) in [6.07, 6.45) is 1.91. The molecule has 2 N–H and O–H groups in total. The second-order valence-corrected chi connectivity index (χ2v) is 8.92. The predicted molar refractivity (Wildman–Crippen MR) is 86.5 cm³/mol. The third-order valence-corrected chi connectivity index (χ3v) is 7.25. The van der Waals surface area contributed by atoms with Crippen LogP contribution in [0.4, 0.5) is 0 Å². The molecular formula is C14H17N4O4S2+. The van der Waals surface area contributed by atoms with Crippen LogP contribution in [0.1, 0.15) is 12.7 Å². The molecule has 10 heteroatoms. The van der Waals surface area contributed by atoms with Gasteiger partial charge in [0.05, 0.1) is 41.5 Å². The average molecular weight is 369 g/mol. The van der Waals surface area contributed by atoms with E-state index >= 15 is 0 Å². The highest BCUT2D eigenvalue weighted by molar-refractivity contribution is 8.23. The van der Waals surface area contributed by atoms with Crippen LogP contribution in [0.2, 0.25) is 0 Å². The van der Waals surface area contributed by atoms with Crippen LogP contribution < -0.4 is 4.57 Å². The summed E-state index contributed by atoms with van der Waals surface area (Å²) in [5.74, 6) is -0.939. The number of aryl methyl sites for hydroxylation is 1. The van der Waals surface area contributed by atoms with Crippen molar-refractivity contribution in [3.8, 4) is 0 Å². The number of hydrogen-bond donors (Lipinski definition) is 2. The van der Waals surface area contributed by atoms with E-state index in [1.807, 2.05) is 13.4 Å². The average Bonchev–Trinajstić information content (AvgIpc) is 3.08. The molecule has 8 nitrogen and oxygen atoms in total. The zero-order chi connectivity index (χ0) is 17.2. The summed E-state index contributed by atoms with van der Waals surface area (Å²) in [7, 11) is 1.87. The van der Waals surface area contributed by atoms with Gasteiger partial charge in [0.2, 0.25) is 12.2 Å². The maximum atomic E-state index is 12.2. The lowest BCUT2D eigenvalue weighted by Gasteiger charge is -2.43. The standard InChI is InChI=1S/C14H16N4O4S2/c1-6(19)9-11(20)18-10(13(21)22)14(24-12(9)18)23-7-3-8-15-16(2)5-17(8)4-7/h5-7,9,12,19H,3-4H2,1-2H3/p+1/t6?,7?,9-,12+/m0/s1. The van der Waals surface area contributed by atoms with Gasteiger partial charge in [-0.25, -0.2) is 9.36 Å². The lowest BCUT2D eigenvalue weighted by Crippen LogP contribution is -2.60. The maximum absolute atomic E-state index is 12.2. The number of β-lactam (4-membered cyclic amide) rings is 1. The number of hydrogen-bond acceptors (Lipinski definition) is 6. The molecule has 0 aromatic carbocycles. The van der Waals surface area contributed by atoms with Crippen LogP contribution in [-0.4, -0.2) is 53.5 Å². The van der Waals surface area contributed by atoms with Crippen molar-refractivity contribution in [2.45, 2.75) is 36.6 Å². The Morgan fingerprint density at radius 3 is 2.96 bits per heavy atom. The van der Waals surface area contributed by atoms with Crippen LogP contribution in [0, 0.1) is 5.92 Å². The number of thioether (sulfide) groups is 2. The van der Waals surface area contributed by atoms with Crippen molar-refractivity contribution in [3.05, 3.63) is 22.1 Å². The molecular weight excluding hydrogens is 352 g/mol. The van der Waals surface area contributed by atoms with E-state index in [0.29, 0.717) is 4.24 Å². The van der Waals surface area contributed by atoms with Gasteiger partial charge < -0.3 is 10.2 Å². The SMILES string of the molecule is CC(O)[C@H]1C(=O)N2C(C(=O)O)=C(SC3Cc4nn(C)c[n+]4C3)S[C@H]12. The number of nitrogens with zero attached hydrogens (tertiary/aromatic N) is 4. The molecule has 4 atom stereocenters. The highest BCUT2D eigenvalue weighted by Gasteiger charge is 2.58. The number of rotatable bonds is 4. The summed E-state index contributed by atoms with van der Waals surface area (Å²) < 4.78 is 4.49. The van der Waals surface area contributed by atoms with Crippen LogP contribution in [0.25, 0.3) is 0 Å². The number of aliphatic hydroxyl groups excluding tert-OH is 1. The minimum absolute atomic E-state index is 0.0620. The third kappa shape index (κ3) is 2.27. The van der Waals surface area contributed by atoms with E-state index in [9.17, 15) is 19.8 Å². The van der Waals surface area contributed by atoms with Gasteiger partial charge >= 0.3 is 5.97 Å². The zero-order valence-electron chi connectivity index (χ0n) is 13.1. The number of carbonyl (C=O) groups excluding carboxylic acids is 1. The highest BCUT2D eigenvalue weighted by Crippen LogP contribution is 2.54. The van der Waals surface area contributed by atoms with Crippen LogP contribution in [0.15, 0.2) is 16.3 Å². The molecule has 1 saturated heterocycles. The first-order valence-corrected chi connectivity index (χ1v) is 9.36. The van der Waals surface area contributed by atoms with Crippen molar-refractivity contribution in [3.63, 3.8) is 0 Å². The lowest BCUT2D eigenvalue weighted by molar-refractivity contribution is -0.690. The second kappa shape index (κ2) is 5.50. The van der Waals surface area contributed by atoms with E-state index in [1.54, 1.807) is 11.6 Å². The molecule has 0 bridgehead atoms. The lowest BCUT2D eigenvalue weighted by atomic mass is 9.92.